The second-order valence-corrected chi connectivity index (χ2v) is 8.97. The molecule has 1 aromatic carbocycles. The first kappa shape index (κ1) is 23.7. The quantitative estimate of drug-likeness (QED) is 0.739. The van der Waals surface area contributed by atoms with Crippen molar-refractivity contribution in [1.29, 1.82) is 0 Å². The molecule has 1 aromatic rings. The topological polar surface area (TPSA) is 58.6 Å². The number of aliphatic hydroxyl groups excluding tert-OH is 1. The first-order valence-electron chi connectivity index (χ1n) is 8.59. The molecule has 144 valence electrons. The molecule has 0 saturated heterocycles. The molecule has 2 N–H and O–H groups in total. The fraction of sp³-hybridized carbons (Fsp3) is 0.650. The molecule has 0 spiro atoms. The number of nitrogens with one attached hydrogen (secondary N) is 1. The molecule has 0 aliphatic rings. The minimum absolute atomic E-state index is 0.157. The Morgan fingerprint density at radius 1 is 1.24 bits per heavy atom. The van der Waals surface area contributed by atoms with Crippen LogP contribution in [0.15, 0.2) is 18.2 Å². The molecule has 0 radical (unpaired) electrons. The van der Waals surface area contributed by atoms with E-state index < -0.39 is 11.7 Å². The highest BCUT2D eigenvalue weighted by molar-refractivity contribution is 6.31. The Morgan fingerprint density at radius 2 is 1.80 bits per heavy atom. The second-order valence-electron chi connectivity index (χ2n) is 8.56. The molecule has 0 bridgehead atoms. The van der Waals surface area contributed by atoms with Crippen molar-refractivity contribution in [3.05, 3.63) is 34.3 Å². The van der Waals surface area contributed by atoms with Gasteiger partial charge in [-0.1, -0.05) is 44.5 Å². The Kier molecular flexibility index (Phi) is 9.52. The number of carbonyl (C=O) groups is 1. The number of hydrogen-bond donors (Lipinski definition) is 2. The first-order chi connectivity index (χ1) is 11.2. The van der Waals surface area contributed by atoms with Crippen molar-refractivity contribution >= 4 is 17.7 Å². The van der Waals surface area contributed by atoms with Gasteiger partial charge in [-0.2, -0.15) is 0 Å². The predicted molar refractivity (Wildman–Crippen MR) is 105 cm³/mol. The summed E-state index contributed by atoms with van der Waals surface area (Å²) in [4.78, 5) is 11.4. The van der Waals surface area contributed by atoms with Crippen molar-refractivity contribution in [2.45, 2.75) is 80.1 Å². The summed E-state index contributed by atoms with van der Waals surface area (Å²) in [5.74, 6) is 0. The van der Waals surface area contributed by atoms with E-state index in [-0.39, 0.29) is 11.5 Å². The number of benzene rings is 1. The number of halogens is 1. The summed E-state index contributed by atoms with van der Waals surface area (Å²) in [5, 5.41) is 12.2. The van der Waals surface area contributed by atoms with Crippen LogP contribution in [0.3, 0.4) is 0 Å². The number of rotatable bonds is 3. The third-order valence-corrected chi connectivity index (χ3v) is 3.29. The zero-order valence-corrected chi connectivity index (χ0v) is 17.6. The van der Waals surface area contributed by atoms with E-state index in [9.17, 15) is 4.79 Å². The van der Waals surface area contributed by atoms with Crippen LogP contribution in [0.25, 0.3) is 0 Å². The number of carbonyl (C=O) groups excluding carboxylic acids is 1. The predicted octanol–water partition coefficient (Wildman–Crippen LogP) is 5.48. The number of hydrogen-bond acceptors (Lipinski definition) is 3. The lowest BCUT2D eigenvalue weighted by Gasteiger charge is -2.19. The molecule has 4 nitrogen and oxygen atoms in total. The normalized spacial score (nSPS) is 12.7. The zero-order chi connectivity index (χ0) is 19.8. The van der Waals surface area contributed by atoms with Crippen LogP contribution in [-0.2, 0) is 11.3 Å². The highest BCUT2D eigenvalue weighted by atomic mass is 35.5. The molecule has 0 saturated carbocycles. The standard InChI is InChI=1S/C13H18ClNO2.C7H16O/c1-9-5-6-10(11(14)7-9)8-15-12(16)17-13(2,3)4;1-6(8)5-7(2,3)4/h5-7H,8H2,1-4H3,(H,15,16);6,8H,5H2,1-4H3. The van der Waals surface area contributed by atoms with E-state index >= 15 is 0 Å². The van der Waals surface area contributed by atoms with Gasteiger partial charge in [0.05, 0.1) is 6.10 Å². The van der Waals surface area contributed by atoms with Crippen molar-refractivity contribution in [2.75, 3.05) is 0 Å². The average molecular weight is 372 g/mol. The Labute approximate surface area is 157 Å². The lowest BCUT2D eigenvalue weighted by Crippen LogP contribution is -2.32. The van der Waals surface area contributed by atoms with Crippen molar-refractivity contribution in [3.63, 3.8) is 0 Å². The van der Waals surface area contributed by atoms with Crippen molar-refractivity contribution in [3.8, 4) is 0 Å². The van der Waals surface area contributed by atoms with Crippen LogP contribution in [0.2, 0.25) is 5.02 Å². The zero-order valence-electron chi connectivity index (χ0n) is 16.9. The van der Waals surface area contributed by atoms with Gasteiger partial charge in [-0.15, -0.1) is 0 Å². The highest BCUT2D eigenvalue weighted by Crippen LogP contribution is 2.20. The van der Waals surface area contributed by atoms with Crippen LogP contribution in [0.5, 0.6) is 0 Å². The summed E-state index contributed by atoms with van der Waals surface area (Å²) < 4.78 is 5.13. The molecule has 1 atom stereocenters. The molecule has 1 unspecified atom stereocenters. The van der Waals surface area contributed by atoms with Crippen LogP contribution in [0.4, 0.5) is 4.79 Å². The van der Waals surface area contributed by atoms with Gasteiger partial charge in [0.1, 0.15) is 5.60 Å². The number of aryl methyl sites for hydroxylation is 1. The highest BCUT2D eigenvalue weighted by Gasteiger charge is 2.16. The summed E-state index contributed by atoms with van der Waals surface area (Å²) in [5.41, 5.74) is 1.76. The van der Waals surface area contributed by atoms with Crippen molar-refractivity contribution in [2.24, 2.45) is 5.41 Å². The molecule has 0 aromatic heterocycles. The Balaban J connectivity index is 0.000000609. The molecule has 25 heavy (non-hydrogen) atoms. The summed E-state index contributed by atoms with van der Waals surface area (Å²) in [6.45, 7) is 16.0. The molecular weight excluding hydrogens is 338 g/mol. The fourth-order valence-corrected chi connectivity index (χ4v) is 2.47. The second kappa shape index (κ2) is 10.0. The fourth-order valence-electron chi connectivity index (χ4n) is 2.16. The van der Waals surface area contributed by atoms with Gasteiger partial charge in [0, 0.05) is 11.6 Å². The van der Waals surface area contributed by atoms with E-state index in [0.29, 0.717) is 11.6 Å². The van der Waals surface area contributed by atoms with Gasteiger partial charge in [0.2, 0.25) is 0 Å². The van der Waals surface area contributed by atoms with Gasteiger partial charge >= 0.3 is 6.09 Å². The largest absolute Gasteiger partial charge is 0.444 e. The minimum Gasteiger partial charge on any atom is -0.444 e. The molecule has 1 rings (SSSR count). The first-order valence-corrected chi connectivity index (χ1v) is 8.97. The Hall–Kier alpha value is -1.26. The molecule has 0 heterocycles. The minimum atomic E-state index is -0.485. The van der Waals surface area contributed by atoms with Crippen LogP contribution >= 0.6 is 11.6 Å². The summed E-state index contributed by atoms with van der Waals surface area (Å²) in [6.07, 6.45) is 0.289. The van der Waals surface area contributed by atoms with Gasteiger partial charge in [-0.05, 0) is 63.6 Å². The van der Waals surface area contributed by atoms with Crippen LogP contribution in [-0.4, -0.2) is 22.9 Å². The average Bonchev–Trinajstić information content (AvgIpc) is 2.33. The van der Waals surface area contributed by atoms with E-state index in [1.807, 2.05) is 52.8 Å². The maximum Gasteiger partial charge on any atom is 0.407 e. The maximum atomic E-state index is 11.4. The van der Waals surface area contributed by atoms with E-state index in [4.69, 9.17) is 21.4 Å². The van der Waals surface area contributed by atoms with Gasteiger partial charge in [0.25, 0.3) is 0 Å². The number of alkyl carbamates (subject to hydrolysis) is 1. The lowest BCUT2D eigenvalue weighted by molar-refractivity contribution is 0.0523. The van der Waals surface area contributed by atoms with E-state index in [2.05, 4.69) is 26.1 Å². The number of amides is 1. The third kappa shape index (κ3) is 13.7. The van der Waals surface area contributed by atoms with E-state index in [0.717, 1.165) is 17.5 Å². The summed E-state index contributed by atoms with van der Waals surface area (Å²) in [6, 6.07) is 5.72. The van der Waals surface area contributed by atoms with Crippen molar-refractivity contribution < 1.29 is 14.6 Å². The molecule has 0 aliphatic heterocycles. The van der Waals surface area contributed by atoms with Gasteiger partial charge in [-0.3, -0.25) is 0 Å². The van der Waals surface area contributed by atoms with Gasteiger partial charge < -0.3 is 15.2 Å². The molecule has 0 aliphatic carbocycles. The SMILES string of the molecule is CC(O)CC(C)(C)C.Cc1ccc(CNC(=O)OC(C)(C)C)c(Cl)c1. The summed E-state index contributed by atoms with van der Waals surface area (Å²) in [7, 11) is 0. The van der Waals surface area contributed by atoms with Crippen LogP contribution in [0, 0.1) is 12.3 Å². The molecule has 0 fully saturated rings. The Morgan fingerprint density at radius 3 is 2.16 bits per heavy atom. The van der Waals surface area contributed by atoms with Crippen molar-refractivity contribution in [1.82, 2.24) is 5.32 Å². The van der Waals surface area contributed by atoms with E-state index in [1.165, 1.54) is 0 Å². The Bertz CT molecular complexity index is 543. The smallest absolute Gasteiger partial charge is 0.407 e. The molecular formula is C20H34ClNO3. The number of aliphatic hydroxyl groups is 1. The third-order valence-electron chi connectivity index (χ3n) is 2.94. The molecule has 1 amide bonds. The van der Waals surface area contributed by atoms with Crippen LogP contribution < -0.4 is 5.32 Å². The lowest BCUT2D eigenvalue weighted by atomic mass is 9.90. The van der Waals surface area contributed by atoms with Gasteiger partial charge in [0.15, 0.2) is 0 Å². The molecule has 5 heteroatoms. The van der Waals surface area contributed by atoms with Gasteiger partial charge in [-0.25, -0.2) is 4.79 Å². The summed E-state index contributed by atoms with van der Waals surface area (Å²) >= 11 is 6.05. The monoisotopic (exact) mass is 371 g/mol. The van der Waals surface area contributed by atoms with Crippen LogP contribution in [0.1, 0.15) is 66.0 Å². The van der Waals surface area contributed by atoms with E-state index in [1.54, 1.807) is 0 Å². The maximum absolute atomic E-state index is 11.4. The number of ether oxygens (including phenoxy) is 1.